The molecule has 1 aromatic carbocycles. The van der Waals surface area contributed by atoms with Gasteiger partial charge in [-0.25, -0.2) is 0 Å². The van der Waals surface area contributed by atoms with E-state index in [2.05, 4.69) is 38.1 Å². The second-order valence-corrected chi connectivity index (χ2v) is 4.14. The van der Waals surface area contributed by atoms with Crippen molar-refractivity contribution in [3.05, 3.63) is 42.0 Å². The standard InChI is InChI=1S/C15H22O/c1-4-5-6-7-9-13(2)14-10-8-11-15(12-14)16-3/h7-13H,4-6H2,1-3H3/b9-7+. The van der Waals surface area contributed by atoms with Crippen LogP contribution in [0.15, 0.2) is 36.4 Å². The van der Waals surface area contributed by atoms with Gasteiger partial charge in [-0.15, -0.1) is 0 Å². The summed E-state index contributed by atoms with van der Waals surface area (Å²) in [7, 11) is 1.71. The summed E-state index contributed by atoms with van der Waals surface area (Å²) < 4.78 is 5.22. The van der Waals surface area contributed by atoms with Crippen molar-refractivity contribution in [3.8, 4) is 5.75 Å². The number of unbranched alkanes of at least 4 members (excludes halogenated alkanes) is 2. The second kappa shape index (κ2) is 7.10. The predicted molar refractivity (Wildman–Crippen MR) is 70.1 cm³/mol. The van der Waals surface area contributed by atoms with E-state index in [1.165, 1.54) is 24.8 Å². The molecule has 1 nitrogen and oxygen atoms in total. The van der Waals surface area contributed by atoms with Crippen LogP contribution in [0.3, 0.4) is 0 Å². The minimum atomic E-state index is 0.465. The second-order valence-electron chi connectivity index (χ2n) is 4.14. The maximum Gasteiger partial charge on any atom is 0.119 e. The number of methoxy groups -OCH3 is 1. The van der Waals surface area contributed by atoms with Gasteiger partial charge in [0.05, 0.1) is 7.11 Å². The van der Waals surface area contributed by atoms with Crippen molar-refractivity contribution in [3.63, 3.8) is 0 Å². The van der Waals surface area contributed by atoms with Crippen LogP contribution in [-0.2, 0) is 0 Å². The van der Waals surface area contributed by atoms with E-state index < -0.39 is 0 Å². The lowest BCUT2D eigenvalue weighted by Gasteiger charge is -2.08. The molecular weight excluding hydrogens is 196 g/mol. The molecule has 16 heavy (non-hydrogen) atoms. The monoisotopic (exact) mass is 218 g/mol. The first kappa shape index (κ1) is 12.8. The Morgan fingerprint density at radius 1 is 1.38 bits per heavy atom. The molecule has 1 atom stereocenters. The van der Waals surface area contributed by atoms with Crippen LogP contribution in [0, 0.1) is 0 Å². The molecule has 1 heteroatoms. The molecule has 0 heterocycles. The Labute approximate surface area is 99.1 Å². The van der Waals surface area contributed by atoms with E-state index >= 15 is 0 Å². The molecule has 0 aliphatic carbocycles. The zero-order chi connectivity index (χ0) is 11.8. The van der Waals surface area contributed by atoms with E-state index in [-0.39, 0.29) is 0 Å². The molecule has 0 aliphatic heterocycles. The Bertz CT molecular complexity index is 328. The van der Waals surface area contributed by atoms with Crippen LogP contribution in [0.1, 0.15) is 44.6 Å². The first-order valence-electron chi connectivity index (χ1n) is 6.08. The van der Waals surface area contributed by atoms with E-state index in [0.29, 0.717) is 5.92 Å². The van der Waals surface area contributed by atoms with Crippen LogP contribution < -0.4 is 4.74 Å². The molecule has 88 valence electrons. The largest absolute Gasteiger partial charge is 0.497 e. The van der Waals surface area contributed by atoms with Crippen LogP contribution in [-0.4, -0.2) is 7.11 Å². The van der Waals surface area contributed by atoms with Crippen LogP contribution in [0.25, 0.3) is 0 Å². The van der Waals surface area contributed by atoms with Gasteiger partial charge in [-0.3, -0.25) is 0 Å². The van der Waals surface area contributed by atoms with E-state index in [0.717, 1.165) is 5.75 Å². The molecule has 1 unspecified atom stereocenters. The number of ether oxygens (including phenoxy) is 1. The SMILES string of the molecule is CCCC/C=C/C(C)c1cccc(OC)c1. The van der Waals surface area contributed by atoms with Crippen molar-refractivity contribution in [1.82, 2.24) is 0 Å². The van der Waals surface area contributed by atoms with Gasteiger partial charge in [-0.1, -0.05) is 51.0 Å². The van der Waals surface area contributed by atoms with Crippen molar-refractivity contribution >= 4 is 0 Å². The molecule has 1 rings (SSSR count). The molecule has 0 saturated heterocycles. The van der Waals surface area contributed by atoms with Crippen LogP contribution in [0.5, 0.6) is 5.75 Å². The van der Waals surface area contributed by atoms with Gasteiger partial charge in [0.25, 0.3) is 0 Å². The van der Waals surface area contributed by atoms with Gasteiger partial charge < -0.3 is 4.74 Å². The van der Waals surface area contributed by atoms with Gasteiger partial charge in [0.1, 0.15) is 5.75 Å². The Kier molecular flexibility index (Phi) is 5.69. The van der Waals surface area contributed by atoms with Crippen LogP contribution >= 0.6 is 0 Å². The topological polar surface area (TPSA) is 9.23 Å². The van der Waals surface area contributed by atoms with E-state index in [4.69, 9.17) is 4.74 Å². The van der Waals surface area contributed by atoms with Crippen molar-refractivity contribution in [2.24, 2.45) is 0 Å². The molecule has 0 radical (unpaired) electrons. The molecule has 0 saturated carbocycles. The maximum absolute atomic E-state index is 5.22. The zero-order valence-corrected chi connectivity index (χ0v) is 10.6. The van der Waals surface area contributed by atoms with Gasteiger partial charge in [0, 0.05) is 0 Å². The average molecular weight is 218 g/mol. The summed E-state index contributed by atoms with van der Waals surface area (Å²) in [5, 5.41) is 0. The fraction of sp³-hybridized carbons (Fsp3) is 0.467. The number of allylic oxidation sites excluding steroid dienone is 2. The van der Waals surface area contributed by atoms with E-state index in [1.54, 1.807) is 7.11 Å². The van der Waals surface area contributed by atoms with Crippen molar-refractivity contribution in [2.45, 2.75) is 39.0 Å². The Hall–Kier alpha value is -1.24. The fourth-order valence-electron chi connectivity index (χ4n) is 1.66. The van der Waals surface area contributed by atoms with Crippen LogP contribution in [0.2, 0.25) is 0 Å². The smallest absolute Gasteiger partial charge is 0.119 e. The maximum atomic E-state index is 5.22. The summed E-state index contributed by atoms with van der Waals surface area (Å²) in [6, 6.07) is 8.29. The summed E-state index contributed by atoms with van der Waals surface area (Å²) in [6.07, 6.45) is 8.29. The average Bonchev–Trinajstić information content (AvgIpc) is 2.34. The summed E-state index contributed by atoms with van der Waals surface area (Å²) in [4.78, 5) is 0. The number of rotatable bonds is 6. The van der Waals surface area contributed by atoms with E-state index in [1.807, 2.05) is 12.1 Å². The number of hydrogen-bond acceptors (Lipinski definition) is 1. The van der Waals surface area contributed by atoms with E-state index in [9.17, 15) is 0 Å². The van der Waals surface area contributed by atoms with Crippen molar-refractivity contribution < 1.29 is 4.74 Å². The third kappa shape index (κ3) is 4.09. The molecule has 1 aromatic rings. The third-order valence-electron chi connectivity index (χ3n) is 2.77. The van der Waals surface area contributed by atoms with Gasteiger partial charge in [0.2, 0.25) is 0 Å². The molecule has 0 fully saturated rings. The minimum absolute atomic E-state index is 0.465. The van der Waals surface area contributed by atoms with Gasteiger partial charge in [-0.05, 0) is 30.0 Å². The summed E-state index contributed by atoms with van der Waals surface area (Å²) in [6.45, 7) is 4.44. The Morgan fingerprint density at radius 3 is 2.88 bits per heavy atom. The number of benzene rings is 1. The van der Waals surface area contributed by atoms with Gasteiger partial charge >= 0.3 is 0 Å². The molecule has 0 aliphatic rings. The van der Waals surface area contributed by atoms with Crippen molar-refractivity contribution in [1.29, 1.82) is 0 Å². The third-order valence-corrected chi connectivity index (χ3v) is 2.77. The van der Waals surface area contributed by atoms with Crippen LogP contribution in [0.4, 0.5) is 0 Å². The molecular formula is C15H22O. The molecule has 0 amide bonds. The lowest BCUT2D eigenvalue weighted by Crippen LogP contribution is -1.90. The van der Waals surface area contributed by atoms with Gasteiger partial charge in [-0.2, -0.15) is 0 Å². The first-order valence-corrected chi connectivity index (χ1v) is 6.08. The Morgan fingerprint density at radius 2 is 2.19 bits per heavy atom. The molecule has 0 aromatic heterocycles. The Balaban J connectivity index is 2.57. The highest BCUT2D eigenvalue weighted by atomic mass is 16.5. The lowest BCUT2D eigenvalue weighted by molar-refractivity contribution is 0.414. The summed E-state index contributed by atoms with van der Waals surface area (Å²) in [5.74, 6) is 1.40. The zero-order valence-electron chi connectivity index (χ0n) is 10.6. The molecule has 0 N–H and O–H groups in total. The highest BCUT2D eigenvalue weighted by molar-refractivity contribution is 5.32. The highest BCUT2D eigenvalue weighted by Crippen LogP contribution is 2.21. The quantitative estimate of drug-likeness (QED) is 0.503. The minimum Gasteiger partial charge on any atom is -0.497 e. The number of hydrogen-bond donors (Lipinski definition) is 0. The van der Waals surface area contributed by atoms with Gasteiger partial charge in [0.15, 0.2) is 0 Å². The highest BCUT2D eigenvalue weighted by Gasteiger charge is 2.01. The fourth-order valence-corrected chi connectivity index (χ4v) is 1.66. The normalized spacial score (nSPS) is 12.9. The molecule has 0 bridgehead atoms. The van der Waals surface area contributed by atoms with Crippen molar-refractivity contribution in [2.75, 3.05) is 7.11 Å². The first-order chi connectivity index (χ1) is 7.77. The predicted octanol–water partition coefficient (Wildman–Crippen LogP) is 4.55. The lowest BCUT2D eigenvalue weighted by atomic mass is 10.00. The summed E-state index contributed by atoms with van der Waals surface area (Å²) >= 11 is 0. The summed E-state index contributed by atoms with van der Waals surface area (Å²) in [5.41, 5.74) is 1.31. The molecule has 0 spiro atoms.